The van der Waals surface area contributed by atoms with Crippen LogP contribution in [0.5, 0.6) is 0 Å². The van der Waals surface area contributed by atoms with Crippen molar-refractivity contribution in [3.63, 3.8) is 0 Å². The van der Waals surface area contributed by atoms with Crippen LogP contribution in [-0.4, -0.2) is 9.13 Å². The fraction of sp³-hybridized carbons (Fsp3) is 0.0196. The van der Waals surface area contributed by atoms with E-state index in [4.69, 9.17) is 0 Å². The first-order chi connectivity index (χ1) is 26.8. The summed E-state index contributed by atoms with van der Waals surface area (Å²) >= 11 is 0. The molecule has 1 unspecified atom stereocenters. The Morgan fingerprint density at radius 3 is 1.70 bits per heavy atom. The standard InChI is InChI=1S/C51H35N3/c1-3-15-35(16-4-1)44-24-14-25-45(52-44)42-23-13-28-48-51(42)50-41-22-8-7-19-38(41)43(33-49(50)54(48)36-17-5-2-6-18-36)34-29-31-37(32-30-34)53-46-26-11-9-20-39(46)40-21-10-12-27-47(40)53/h1-33,45,52H. The minimum absolute atomic E-state index is 0.00978. The second-order valence-corrected chi connectivity index (χ2v) is 14.1. The number of para-hydroxylation sites is 3. The second-order valence-electron chi connectivity index (χ2n) is 14.1. The van der Waals surface area contributed by atoms with E-state index in [-0.39, 0.29) is 6.04 Å². The molecule has 3 heteroatoms. The number of nitrogens with one attached hydrogen (secondary N) is 1. The van der Waals surface area contributed by atoms with E-state index in [0.29, 0.717) is 0 Å². The van der Waals surface area contributed by atoms with Crippen LogP contribution in [0.3, 0.4) is 0 Å². The summed E-state index contributed by atoms with van der Waals surface area (Å²) in [6.07, 6.45) is 6.65. The maximum absolute atomic E-state index is 3.88. The van der Waals surface area contributed by atoms with Gasteiger partial charge in [-0.2, -0.15) is 0 Å². The SMILES string of the molecule is C1=CC(c2cccc3c2c2c4ccccc4c(-c4ccc(-n5c6ccccc6c6ccccc65)cc4)cc2n3-c2ccccc2)NC(c2ccccc2)=C1. The summed E-state index contributed by atoms with van der Waals surface area (Å²) in [5, 5.41) is 11.5. The van der Waals surface area contributed by atoms with Crippen molar-refractivity contribution in [1.29, 1.82) is 0 Å². The Bertz CT molecular complexity index is 3050. The molecule has 0 radical (unpaired) electrons. The van der Waals surface area contributed by atoms with Crippen molar-refractivity contribution < 1.29 is 0 Å². The number of allylic oxidation sites excluding steroid dienone is 2. The molecule has 0 fully saturated rings. The van der Waals surface area contributed by atoms with Crippen LogP contribution in [0.2, 0.25) is 0 Å². The molecule has 10 aromatic rings. The topological polar surface area (TPSA) is 21.9 Å². The number of rotatable bonds is 5. The minimum Gasteiger partial charge on any atom is -0.374 e. The van der Waals surface area contributed by atoms with Crippen molar-refractivity contribution in [2.45, 2.75) is 6.04 Å². The lowest BCUT2D eigenvalue weighted by atomic mass is 9.92. The maximum Gasteiger partial charge on any atom is 0.0708 e. The molecule has 0 bridgehead atoms. The van der Waals surface area contributed by atoms with Crippen LogP contribution in [0.15, 0.2) is 200 Å². The van der Waals surface area contributed by atoms with Crippen LogP contribution in [0.1, 0.15) is 17.2 Å². The van der Waals surface area contributed by atoms with Gasteiger partial charge >= 0.3 is 0 Å². The maximum atomic E-state index is 3.88. The number of dihydropyridines is 1. The van der Waals surface area contributed by atoms with Crippen molar-refractivity contribution >= 4 is 60.1 Å². The number of benzene rings is 8. The molecule has 0 saturated carbocycles. The fourth-order valence-corrected chi connectivity index (χ4v) is 8.80. The first-order valence-corrected chi connectivity index (χ1v) is 18.7. The Balaban J connectivity index is 1.13. The largest absolute Gasteiger partial charge is 0.374 e. The van der Waals surface area contributed by atoms with E-state index in [1.165, 1.54) is 76.6 Å². The highest BCUT2D eigenvalue weighted by Gasteiger charge is 2.24. The predicted molar refractivity (Wildman–Crippen MR) is 227 cm³/mol. The molecule has 2 aromatic heterocycles. The number of nitrogens with zero attached hydrogens (tertiary/aromatic N) is 2. The molecule has 1 atom stereocenters. The van der Waals surface area contributed by atoms with Crippen LogP contribution < -0.4 is 5.32 Å². The Morgan fingerprint density at radius 2 is 0.981 bits per heavy atom. The van der Waals surface area contributed by atoms with Crippen molar-refractivity contribution in [2.24, 2.45) is 0 Å². The van der Waals surface area contributed by atoms with E-state index in [0.717, 1.165) is 17.1 Å². The number of hydrogen-bond donors (Lipinski definition) is 1. The molecule has 0 amide bonds. The van der Waals surface area contributed by atoms with E-state index in [1.807, 2.05) is 0 Å². The molecule has 1 aliphatic rings. The quantitative estimate of drug-likeness (QED) is 0.191. The van der Waals surface area contributed by atoms with Crippen molar-refractivity contribution in [1.82, 2.24) is 14.5 Å². The van der Waals surface area contributed by atoms with Crippen LogP contribution in [0.4, 0.5) is 0 Å². The van der Waals surface area contributed by atoms with E-state index in [2.05, 4.69) is 215 Å². The molecule has 1 N–H and O–H groups in total. The molecule has 8 aromatic carbocycles. The van der Waals surface area contributed by atoms with Crippen molar-refractivity contribution in [2.75, 3.05) is 0 Å². The van der Waals surface area contributed by atoms with Gasteiger partial charge in [-0.3, -0.25) is 0 Å². The Labute approximate surface area is 313 Å². The normalized spacial score (nSPS) is 14.3. The summed E-state index contributed by atoms with van der Waals surface area (Å²) in [6, 6.07) is 66.1. The van der Waals surface area contributed by atoms with Gasteiger partial charge in [0.25, 0.3) is 0 Å². The summed E-state index contributed by atoms with van der Waals surface area (Å²) in [5.41, 5.74) is 13.1. The predicted octanol–water partition coefficient (Wildman–Crippen LogP) is 12.9. The first kappa shape index (κ1) is 30.5. The third-order valence-electron chi connectivity index (χ3n) is 11.2. The molecule has 0 saturated heterocycles. The van der Waals surface area contributed by atoms with Gasteiger partial charge in [0, 0.05) is 38.6 Å². The van der Waals surface area contributed by atoms with Gasteiger partial charge in [0.2, 0.25) is 0 Å². The van der Waals surface area contributed by atoms with Gasteiger partial charge in [-0.1, -0.05) is 146 Å². The molecule has 254 valence electrons. The molecular formula is C51H35N3. The van der Waals surface area contributed by atoms with Gasteiger partial charge in [0.05, 0.1) is 28.1 Å². The molecule has 0 aliphatic carbocycles. The van der Waals surface area contributed by atoms with Crippen LogP contribution in [0, 0.1) is 0 Å². The van der Waals surface area contributed by atoms with Gasteiger partial charge in [-0.25, -0.2) is 0 Å². The fourth-order valence-electron chi connectivity index (χ4n) is 8.80. The number of aromatic nitrogens is 2. The third-order valence-corrected chi connectivity index (χ3v) is 11.2. The lowest BCUT2D eigenvalue weighted by molar-refractivity contribution is 0.770. The molecule has 54 heavy (non-hydrogen) atoms. The molecule has 3 heterocycles. The Morgan fingerprint density at radius 1 is 0.407 bits per heavy atom. The average molecular weight is 690 g/mol. The monoisotopic (exact) mass is 689 g/mol. The Hall–Kier alpha value is -7.10. The van der Waals surface area contributed by atoms with Crippen molar-refractivity contribution in [3.8, 4) is 22.5 Å². The lowest BCUT2D eigenvalue weighted by Gasteiger charge is -2.23. The van der Waals surface area contributed by atoms with Gasteiger partial charge in [0.15, 0.2) is 0 Å². The zero-order chi connectivity index (χ0) is 35.6. The second kappa shape index (κ2) is 12.3. The van der Waals surface area contributed by atoms with Crippen LogP contribution in [-0.2, 0) is 0 Å². The average Bonchev–Trinajstić information content (AvgIpc) is 3.77. The van der Waals surface area contributed by atoms with Crippen LogP contribution >= 0.6 is 0 Å². The third kappa shape index (κ3) is 4.69. The first-order valence-electron chi connectivity index (χ1n) is 18.7. The summed E-state index contributed by atoms with van der Waals surface area (Å²) in [6.45, 7) is 0. The highest BCUT2D eigenvalue weighted by atomic mass is 15.0. The molecule has 11 rings (SSSR count). The summed E-state index contributed by atoms with van der Waals surface area (Å²) in [7, 11) is 0. The van der Waals surface area contributed by atoms with E-state index in [9.17, 15) is 0 Å². The summed E-state index contributed by atoms with van der Waals surface area (Å²) < 4.78 is 4.84. The smallest absolute Gasteiger partial charge is 0.0708 e. The highest BCUT2D eigenvalue weighted by Crippen LogP contribution is 2.44. The van der Waals surface area contributed by atoms with Crippen molar-refractivity contribution in [3.05, 3.63) is 211 Å². The Kier molecular flexibility index (Phi) is 6.93. The number of fused-ring (bicyclic) bond motifs is 8. The highest BCUT2D eigenvalue weighted by molar-refractivity contribution is 6.25. The van der Waals surface area contributed by atoms with Gasteiger partial charge in [-0.15, -0.1) is 0 Å². The van der Waals surface area contributed by atoms with Gasteiger partial charge in [0.1, 0.15) is 0 Å². The molecule has 0 spiro atoms. The van der Waals surface area contributed by atoms with E-state index < -0.39 is 0 Å². The zero-order valence-electron chi connectivity index (χ0n) is 29.5. The molecule has 3 nitrogen and oxygen atoms in total. The number of hydrogen-bond acceptors (Lipinski definition) is 1. The molecular weight excluding hydrogens is 655 g/mol. The minimum atomic E-state index is 0.00978. The van der Waals surface area contributed by atoms with Gasteiger partial charge in [-0.05, 0) is 87.6 Å². The lowest BCUT2D eigenvalue weighted by Crippen LogP contribution is -2.20. The van der Waals surface area contributed by atoms with Gasteiger partial charge < -0.3 is 14.5 Å². The van der Waals surface area contributed by atoms with E-state index >= 15 is 0 Å². The summed E-state index contributed by atoms with van der Waals surface area (Å²) in [4.78, 5) is 0. The van der Waals surface area contributed by atoms with Crippen LogP contribution in [0.25, 0.3) is 82.6 Å². The zero-order valence-corrected chi connectivity index (χ0v) is 29.5. The molecule has 1 aliphatic heterocycles. The summed E-state index contributed by atoms with van der Waals surface area (Å²) in [5.74, 6) is 0. The van der Waals surface area contributed by atoms with E-state index in [1.54, 1.807) is 0 Å².